The van der Waals surface area contributed by atoms with Crippen molar-refractivity contribution in [3.05, 3.63) is 29.7 Å². The predicted octanol–water partition coefficient (Wildman–Crippen LogP) is 1.86. The molecule has 0 radical (unpaired) electrons. The molecule has 0 aliphatic carbocycles. The molecule has 0 unspecified atom stereocenters. The number of aromatic nitrogens is 1. The van der Waals surface area contributed by atoms with Gasteiger partial charge in [0, 0.05) is 12.5 Å². The summed E-state index contributed by atoms with van der Waals surface area (Å²) in [4.78, 5) is 16.4. The normalized spacial score (nSPS) is 17.1. The lowest BCUT2D eigenvalue weighted by atomic mass is 9.80. The maximum atomic E-state index is 12.3. The van der Waals surface area contributed by atoms with E-state index < -0.39 is 5.41 Å². The highest BCUT2D eigenvalue weighted by atomic mass is 16.5. The molecule has 2 heterocycles. The molecule has 18 heavy (non-hydrogen) atoms. The van der Waals surface area contributed by atoms with Crippen molar-refractivity contribution in [3.63, 3.8) is 0 Å². The van der Waals surface area contributed by atoms with Gasteiger partial charge in [0.2, 0.25) is 0 Å². The van der Waals surface area contributed by atoms with E-state index in [2.05, 4.69) is 4.98 Å². The fraction of sp³-hybridized carbons (Fsp3) is 0.308. The molecule has 5 nitrogen and oxygen atoms in total. The fourth-order valence-corrected chi connectivity index (χ4v) is 2.01. The molecule has 0 atom stereocenters. The van der Waals surface area contributed by atoms with Crippen LogP contribution in [0.1, 0.15) is 16.2 Å². The second-order valence-corrected chi connectivity index (χ2v) is 4.43. The molecule has 0 amide bonds. The summed E-state index contributed by atoms with van der Waals surface area (Å²) in [6.07, 6.45) is 0. The standard InChI is InChI=1S/C13H10N2O3/c1-8-15-10-3-2-9(4-11(10)18-8)12(16)13(5-14)6-17-7-13/h2-4H,6-7H2,1H3. The van der Waals surface area contributed by atoms with Crippen molar-refractivity contribution in [2.24, 2.45) is 5.41 Å². The number of carbonyl (C=O) groups is 1. The van der Waals surface area contributed by atoms with Crippen LogP contribution in [-0.4, -0.2) is 24.0 Å². The average Bonchev–Trinajstić information content (AvgIpc) is 2.67. The predicted molar refractivity (Wildman–Crippen MR) is 61.9 cm³/mol. The van der Waals surface area contributed by atoms with Crippen LogP contribution in [0.2, 0.25) is 0 Å². The number of ether oxygens (including phenoxy) is 1. The van der Waals surface area contributed by atoms with Crippen LogP contribution in [0.25, 0.3) is 11.1 Å². The zero-order valence-corrected chi connectivity index (χ0v) is 9.77. The van der Waals surface area contributed by atoms with Gasteiger partial charge in [-0.05, 0) is 18.2 Å². The van der Waals surface area contributed by atoms with Crippen molar-refractivity contribution in [2.45, 2.75) is 6.92 Å². The van der Waals surface area contributed by atoms with Gasteiger partial charge in [-0.2, -0.15) is 5.26 Å². The lowest BCUT2D eigenvalue weighted by Gasteiger charge is -2.33. The minimum absolute atomic E-state index is 0.163. The number of aryl methyl sites for hydroxylation is 1. The molecular weight excluding hydrogens is 232 g/mol. The van der Waals surface area contributed by atoms with Crippen LogP contribution in [0.15, 0.2) is 22.6 Å². The van der Waals surface area contributed by atoms with Gasteiger partial charge in [0.15, 0.2) is 22.7 Å². The smallest absolute Gasteiger partial charge is 0.192 e. The van der Waals surface area contributed by atoms with E-state index in [1.54, 1.807) is 25.1 Å². The highest BCUT2D eigenvalue weighted by Gasteiger charge is 2.46. The van der Waals surface area contributed by atoms with Gasteiger partial charge in [0.05, 0.1) is 19.3 Å². The van der Waals surface area contributed by atoms with Crippen LogP contribution >= 0.6 is 0 Å². The minimum atomic E-state index is -1.03. The Hall–Kier alpha value is -2.19. The number of benzene rings is 1. The SMILES string of the molecule is Cc1nc2ccc(C(=O)C3(C#N)COC3)cc2o1. The third-order valence-electron chi connectivity index (χ3n) is 3.10. The first kappa shape index (κ1) is 10.9. The number of oxazole rings is 1. The molecule has 0 N–H and O–H groups in total. The van der Waals surface area contributed by atoms with Gasteiger partial charge >= 0.3 is 0 Å². The minimum Gasteiger partial charge on any atom is -0.441 e. The van der Waals surface area contributed by atoms with Crippen LogP contribution in [0, 0.1) is 23.7 Å². The Labute approximate surface area is 103 Å². The lowest BCUT2D eigenvalue weighted by Crippen LogP contribution is -2.47. The molecule has 1 fully saturated rings. The van der Waals surface area contributed by atoms with E-state index in [1.165, 1.54) is 0 Å². The monoisotopic (exact) mass is 242 g/mol. The van der Waals surface area contributed by atoms with Gasteiger partial charge in [-0.25, -0.2) is 4.98 Å². The van der Waals surface area contributed by atoms with Crippen molar-refractivity contribution in [2.75, 3.05) is 13.2 Å². The van der Waals surface area contributed by atoms with Crippen LogP contribution in [0.4, 0.5) is 0 Å². The van der Waals surface area contributed by atoms with E-state index in [-0.39, 0.29) is 19.0 Å². The molecule has 0 spiro atoms. The van der Waals surface area contributed by atoms with E-state index in [9.17, 15) is 4.79 Å². The topological polar surface area (TPSA) is 76.1 Å². The Morgan fingerprint density at radius 2 is 2.28 bits per heavy atom. The number of carbonyl (C=O) groups excluding carboxylic acids is 1. The number of ketones is 1. The molecule has 3 rings (SSSR count). The first-order valence-corrected chi connectivity index (χ1v) is 5.56. The number of hydrogen-bond acceptors (Lipinski definition) is 5. The molecule has 1 aliphatic rings. The molecule has 0 bridgehead atoms. The Balaban J connectivity index is 2.04. The van der Waals surface area contributed by atoms with E-state index in [0.717, 1.165) is 0 Å². The van der Waals surface area contributed by atoms with Crippen LogP contribution in [0.5, 0.6) is 0 Å². The number of nitriles is 1. The van der Waals surface area contributed by atoms with E-state index >= 15 is 0 Å². The highest BCUT2D eigenvalue weighted by Crippen LogP contribution is 2.31. The molecule has 2 aromatic rings. The maximum Gasteiger partial charge on any atom is 0.192 e. The van der Waals surface area contributed by atoms with Crippen molar-refractivity contribution < 1.29 is 13.9 Å². The Kier molecular flexibility index (Phi) is 2.22. The summed E-state index contributed by atoms with van der Waals surface area (Å²) < 4.78 is 10.4. The summed E-state index contributed by atoms with van der Waals surface area (Å²) in [6, 6.07) is 7.08. The summed E-state index contributed by atoms with van der Waals surface area (Å²) >= 11 is 0. The molecule has 90 valence electrons. The van der Waals surface area contributed by atoms with Gasteiger partial charge in [-0.1, -0.05) is 0 Å². The van der Waals surface area contributed by atoms with Crippen LogP contribution < -0.4 is 0 Å². The number of Topliss-reactive ketones (excluding diaryl/α,β-unsaturated/α-hetero) is 1. The fourth-order valence-electron chi connectivity index (χ4n) is 2.01. The quantitative estimate of drug-likeness (QED) is 0.751. The largest absolute Gasteiger partial charge is 0.441 e. The molecule has 5 heteroatoms. The number of rotatable bonds is 2. The number of fused-ring (bicyclic) bond motifs is 1. The van der Waals surface area contributed by atoms with Gasteiger partial charge in [-0.15, -0.1) is 0 Å². The van der Waals surface area contributed by atoms with Gasteiger partial charge in [-0.3, -0.25) is 4.79 Å². The van der Waals surface area contributed by atoms with Crippen molar-refractivity contribution in [3.8, 4) is 6.07 Å². The van der Waals surface area contributed by atoms with Gasteiger partial charge < -0.3 is 9.15 Å². The third-order valence-corrected chi connectivity index (χ3v) is 3.10. The summed E-state index contributed by atoms with van der Waals surface area (Å²) in [7, 11) is 0. The number of hydrogen-bond donors (Lipinski definition) is 0. The zero-order valence-electron chi connectivity index (χ0n) is 9.77. The second-order valence-electron chi connectivity index (χ2n) is 4.43. The molecule has 0 saturated carbocycles. The molecular formula is C13H10N2O3. The average molecular weight is 242 g/mol. The Morgan fingerprint density at radius 3 is 2.89 bits per heavy atom. The summed E-state index contributed by atoms with van der Waals surface area (Å²) in [6.45, 7) is 2.07. The highest BCUT2D eigenvalue weighted by molar-refractivity contribution is 6.04. The lowest BCUT2D eigenvalue weighted by molar-refractivity contribution is -0.0566. The zero-order chi connectivity index (χ0) is 12.8. The molecule has 1 aromatic carbocycles. The summed E-state index contributed by atoms with van der Waals surface area (Å²) in [5, 5.41) is 9.10. The van der Waals surface area contributed by atoms with E-state index in [4.69, 9.17) is 14.4 Å². The first-order chi connectivity index (χ1) is 8.64. The van der Waals surface area contributed by atoms with Crippen molar-refractivity contribution in [1.29, 1.82) is 5.26 Å². The number of nitrogens with zero attached hydrogens (tertiary/aromatic N) is 2. The Bertz CT molecular complexity index is 677. The Morgan fingerprint density at radius 1 is 1.50 bits per heavy atom. The van der Waals surface area contributed by atoms with E-state index in [0.29, 0.717) is 22.6 Å². The summed E-state index contributed by atoms with van der Waals surface area (Å²) in [5.74, 6) is 0.337. The van der Waals surface area contributed by atoms with Crippen LogP contribution in [-0.2, 0) is 4.74 Å². The molecule has 1 aliphatic heterocycles. The van der Waals surface area contributed by atoms with Crippen molar-refractivity contribution >= 4 is 16.9 Å². The molecule has 1 aromatic heterocycles. The van der Waals surface area contributed by atoms with Gasteiger partial charge in [0.1, 0.15) is 5.52 Å². The summed E-state index contributed by atoms with van der Waals surface area (Å²) in [5.41, 5.74) is 0.707. The van der Waals surface area contributed by atoms with Crippen molar-refractivity contribution in [1.82, 2.24) is 4.98 Å². The maximum absolute atomic E-state index is 12.3. The van der Waals surface area contributed by atoms with Gasteiger partial charge in [0.25, 0.3) is 0 Å². The molecule has 1 saturated heterocycles. The van der Waals surface area contributed by atoms with E-state index in [1.807, 2.05) is 6.07 Å². The third kappa shape index (κ3) is 1.43. The second kappa shape index (κ2) is 3.65. The first-order valence-electron chi connectivity index (χ1n) is 5.56. The van der Waals surface area contributed by atoms with Crippen LogP contribution in [0.3, 0.4) is 0 Å².